The molecule has 2 aromatic rings. The van der Waals surface area contributed by atoms with Crippen molar-refractivity contribution in [3.8, 4) is 0 Å². The van der Waals surface area contributed by atoms with Gasteiger partial charge in [0.15, 0.2) is 15.6 Å². The van der Waals surface area contributed by atoms with Crippen molar-refractivity contribution in [2.45, 2.75) is 52.7 Å². The highest BCUT2D eigenvalue weighted by Gasteiger charge is 2.32. The van der Waals surface area contributed by atoms with Crippen molar-refractivity contribution in [3.63, 3.8) is 0 Å². The van der Waals surface area contributed by atoms with Gasteiger partial charge in [-0.1, -0.05) is 23.7 Å². The van der Waals surface area contributed by atoms with Crippen LogP contribution in [-0.4, -0.2) is 47.8 Å². The highest BCUT2D eigenvalue weighted by atomic mass is 35.5. The lowest BCUT2D eigenvalue weighted by atomic mass is 10.1. The molecule has 5 nitrogen and oxygen atoms in total. The molecule has 0 bridgehead atoms. The van der Waals surface area contributed by atoms with Crippen molar-refractivity contribution in [2.75, 3.05) is 18.1 Å². The minimum atomic E-state index is -2.98. The number of halogens is 1. The third-order valence-electron chi connectivity index (χ3n) is 5.71. The van der Waals surface area contributed by atoms with Crippen LogP contribution in [0.5, 0.6) is 0 Å². The van der Waals surface area contributed by atoms with Crippen LogP contribution < -0.4 is 0 Å². The molecule has 0 aliphatic carbocycles. The molecule has 1 aromatic carbocycles. The molecular formula is C22H29ClN2O3S. The first-order valence-corrected chi connectivity index (χ1v) is 12.2. The number of benzene rings is 1. The summed E-state index contributed by atoms with van der Waals surface area (Å²) in [5.74, 6) is 0.434. The summed E-state index contributed by atoms with van der Waals surface area (Å²) in [4.78, 5) is 15.3. The van der Waals surface area contributed by atoms with Gasteiger partial charge in [0, 0.05) is 40.6 Å². The van der Waals surface area contributed by atoms with Crippen LogP contribution in [-0.2, 0) is 16.4 Å². The topological polar surface area (TPSA) is 59.4 Å². The van der Waals surface area contributed by atoms with Crippen LogP contribution in [0.4, 0.5) is 0 Å². The maximum atomic E-state index is 13.1. The van der Waals surface area contributed by atoms with Crippen molar-refractivity contribution < 1.29 is 13.2 Å². The Morgan fingerprint density at radius 3 is 2.59 bits per heavy atom. The molecule has 1 fully saturated rings. The van der Waals surface area contributed by atoms with Crippen molar-refractivity contribution in [3.05, 3.63) is 57.9 Å². The fourth-order valence-electron chi connectivity index (χ4n) is 4.16. The van der Waals surface area contributed by atoms with Gasteiger partial charge < -0.3 is 4.57 Å². The normalized spacial score (nSPS) is 18.7. The van der Waals surface area contributed by atoms with Gasteiger partial charge in [0.25, 0.3) is 0 Å². The summed E-state index contributed by atoms with van der Waals surface area (Å²) < 4.78 is 25.8. The molecule has 1 aromatic heterocycles. The van der Waals surface area contributed by atoms with E-state index in [0.29, 0.717) is 30.1 Å². The lowest BCUT2D eigenvalue weighted by Crippen LogP contribution is -2.35. The van der Waals surface area contributed by atoms with Crippen LogP contribution >= 0.6 is 11.6 Å². The van der Waals surface area contributed by atoms with E-state index in [1.807, 2.05) is 48.7 Å². The first-order chi connectivity index (χ1) is 13.6. The van der Waals surface area contributed by atoms with Gasteiger partial charge in [-0.2, -0.15) is 0 Å². The summed E-state index contributed by atoms with van der Waals surface area (Å²) in [6.45, 7) is 8.96. The second-order valence-electron chi connectivity index (χ2n) is 8.26. The zero-order valence-electron chi connectivity index (χ0n) is 17.5. The molecule has 2 heterocycles. The minimum absolute atomic E-state index is 0.0564. The molecule has 0 N–H and O–H groups in total. The molecule has 0 spiro atoms. The van der Waals surface area contributed by atoms with Crippen LogP contribution in [0.1, 0.15) is 53.6 Å². The van der Waals surface area contributed by atoms with Crippen LogP contribution in [0.2, 0.25) is 5.02 Å². The standard InChI is InChI=1S/C22H29ClN2O3S/c1-15(2)24(12-18-6-5-7-19(23)11-18)13-22(26)21-10-16(3)25(17(21)4)20-8-9-29(27,28)14-20/h5-7,10-11,15,20H,8-9,12-14H2,1-4H3/t20-/m0/s1. The van der Waals surface area contributed by atoms with Crippen molar-refractivity contribution >= 4 is 27.2 Å². The Morgan fingerprint density at radius 2 is 2.00 bits per heavy atom. The van der Waals surface area contributed by atoms with Gasteiger partial charge in [-0.25, -0.2) is 8.42 Å². The fraction of sp³-hybridized carbons (Fsp3) is 0.500. The first-order valence-electron chi connectivity index (χ1n) is 9.98. The maximum absolute atomic E-state index is 13.1. The van der Waals surface area contributed by atoms with Crippen LogP contribution in [0.25, 0.3) is 0 Å². The third-order valence-corrected chi connectivity index (χ3v) is 7.70. The van der Waals surface area contributed by atoms with Gasteiger partial charge in [-0.15, -0.1) is 0 Å². The number of carbonyl (C=O) groups excluding carboxylic acids is 1. The summed E-state index contributed by atoms with van der Waals surface area (Å²) in [6, 6.07) is 9.72. The maximum Gasteiger partial charge on any atom is 0.178 e. The molecule has 1 atom stereocenters. The minimum Gasteiger partial charge on any atom is -0.344 e. The van der Waals surface area contributed by atoms with Crippen molar-refractivity contribution in [1.82, 2.24) is 9.47 Å². The Balaban J connectivity index is 1.79. The summed E-state index contributed by atoms with van der Waals surface area (Å²) in [6.07, 6.45) is 0.610. The number of hydrogen-bond donors (Lipinski definition) is 0. The molecular weight excluding hydrogens is 408 g/mol. The average molecular weight is 437 g/mol. The molecule has 158 valence electrons. The molecule has 0 radical (unpaired) electrons. The highest BCUT2D eigenvalue weighted by Crippen LogP contribution is 2.29. The van der Waals surface area contributed by atoms with Gasteiger partial charge in [0.2, 0.25) is 0 Å². The molecule has 0 saturated carbocycles. The van der Waals surface area contributed by atoms with Gasteiger partial charge >= 0.3 is 0 Å². The Labute approximate surface area is 178 Å². The van der Waals surface area contributed by atoms with Gasteiger partial charge in [-0.3, -0.25) is 9.69 Å². The summed E-state index contributed by atoms with van der Waals surface area (Å²) in [5.41, 5.74) is 3.56. The molecule has 0 unspecified atom stereocenters. The molecule has 1 aliphatic rings. The molecule has 29 heavy (non-hydrogen) atoms. The zero-order valence-corrected chi connectivity index (χ0v) is 19.1. The van der Waals surface area contributed by atoms with E-state index in [2.05, 4.69) is 18.7 Å². The van der Waals surface area contributed by atoms with E-state index in [-0.39, 0.29) is 29.4 Å². The zero-order chi connectivity index (χ0) is 21.3. The number of aryl methyl sites for hydroxylation is 1. The fourth-order valence-corrected chi connectivity index (χ4v) is 6.07. The van der Waals surface area contributed by atoms with Gasteiger partial charge in [-0.05, 0) is 57.9 Å². The monoisotopic (exact) mass is 436 g/mol. The highest BCUT2D eigenvalue weighted by molar-refractivity contribution is 7.91. The van der Waals surface area contributed by atoms with E-state index >= 15 is 0 Å². The van der Waals surface area contributed by atoms with E-state index in [1.165, 1.54) is 0 Å². The molecule has 3 rings (SSSR count). The summed E-state index contributed by atoms with van der Waals surface area (Å²) in [7, 11) is -2.98. The van der Waals surface area contributed by atoms with E-state index < -0.39 is 9.84 Å². The third kappa shape index (κ3) is 5.11. The second-order valence-corrected chi connectivity index (χ2v) is 10.9. The first kappa shape index (κ1) is 22.1. The number of sulfone groups is 1. The van der Waals surface area contributed by atoms with Crippen LogP contribution in [0.3, 0.4) is 0 Å². The Hall–Kier alpha value is -1.63. The SMILES string of the molecule is Cc1cc(C(=O)CN(Cc2cccc(Cl)c2)C(C)C)c(C)n1[C@H]1CCS(=O)(=O)C1. The summed E-state index contributed by atoms with van der Waals surface area (Å²) >= 11 is 6.10. The van der Waals surface area contributed by atoms with Crippen molar-refractivity contribution in [2.24, 2.45) is 0 Å². The number of rotatable bonds is 7. The smallest absolute Gasteiger partial charge is 0.178 e. The van der Waals surface area contributed by atoms with Gasteiger partial charge in [0.1, 0.15) is 0 Å². The average Bonchev–Trinajstić information content (AvgIpc) is 3.12. The molecule has 1 aliphatic heterocycles. The van der Waals surface area contributed by atoms with Crippen LogP contribution in [0.15, 0.2) is 30.3 Å². The number of carbonyl (C=O) groups is 1. The number of ketones is 1. The lowest BCUT2D eigenvalue weighted by molar-refractivity contribution is 0.0897. The lowest BCUT2D eigenvalue weighted by Gasteiger charge is -2.26. The van der Waals surface area contributed by atoms with E-state index in [1.54, 1.807) is 0 Å². The number of nitrogens with zero attached hydrogens (tertiary/aromatic N) is 2. The number of aromatic nitrogens is 1. The summed E-state index contributed by atoms with van der Waals surface area (Å²) in [5, 5.41) is 0.688. The Kier molecular flexibility index (Phi) is 6.56. The number of Topliss-reactive ketones (excluding diaryl/α,β-unsaturated/α-hetero) is 1. The largest absolute Gasteiger partial charge is 0.344 e. The van der Waals surface area contributed by atoms with Gasteiger partial charge in [0.05, 0.1) is 18.1 Å². The molecule has 1 saturated heterocycles. The van der Waals surface area contributed by atoms with Crippen molar-refractivity contribution in [1.29, 1.82) is 0 Å². The Morgan fingerprint density at radius 1 is 1.28 bits per heavy atom. The molecule has 7 heteroatoms. The second kappa shape index (κ2) is 8.62. The van der Waals surface area contributed by atoms with E-state index in [9.17, 15) is 13.2 Å². The van der Waals surface area contributed by atoms with Crippen LogP contribution in [0, 0.1) is 13.8 Å². The quantitative estimate of drug-likeness (QED) is 0.610. The predicted molar refractivity (Wildman–Crippen MR) is 118 cm³/mol. The Bertz CT molecular complexity index is 1010. The van der Waals surface area contributed by atoms with E-state index in [4.69, 9.17) is 11.6 Å². The number of hydrogen-bond acceptors (Lipinski definition) is 4. The predicted octanol–water partition coefficient (Wildman–Crippen LogP) is 4.21. The van der Waals surface area contributed by atoms with E-state index in [0.717, 1.165) is 17.0 Å². The molecule has 0 amide bonds.